The first-order valence-corrected chi connectivity index (χ1v) is 16.0. The second kappa shape index (κ2) is 11.0. The molecule has 9 rings (SSSR count). The van der Waals surface area contributed by atoms with Gasteiger partial charge in [-0.05, 0) is 88.3 Å². The first-order valence-electron chi connectivity index (χ1n) is 16.0. The Labute approximate surface area is 273 Å². The number of hydrogen-bond donors (Lipinski definition) is 0. The van der Waals surface area contributed by atoms with Gasteiger partial charge in [0.2, 0.25) is 5.89 Å². The fourth-order valence-corrected chi connectivity index (χ4v) is 6.93. The van der Waals surface area contributed by atoms with E-state index >= 15 is 0 Å². The lowest BCUT2D eigenvalue weighted by Crippen LogP contribution is -1.94. The van der Waals surface area contributed by atoms with E-state index in [4.69, 9.17) is 9.40 Å². The molecule has 0 bridgehead atoms. The number of para-hydroxylation sites is 3. The van der Waals surface area contributed by atoms with Crippen LogP contribution in [0.5, 0.6) is 0 Å². The number of fused-ring (bicyclic) bond motifs is 4. The Balaban J connectivity index is 1.09. The minimum absolute atomic E-state index is 0.642. The highest BCUT2D eigenvalue weighted by molar-refractivity contribution is 6.09. The van der Waals surface area contributed by atoms with E-state index in [-0.39, 0.29) is 0 Å². The largest absolute Gasteiger partial charge is 0.436 e. The summed E-state index contributed by atoms with van der Waals surface area (Å²) in [4.78, 5) is 4.78. The molecule has 2 heterocycles. The summed E-state index contributed by atoms with van der Waals surface area (Å²) in [5.74, 6) is 0.642. The number of oxazole rings is 1. The van der Waals surface area contributed by atoms with E-state index in [1.54, 1.807) is 0 Å². The van der Waals surface area contributed by atoms with Crippen LogP contribution in [0.15, 0.2) is 168 Å². The number of aryl methyl sites for hydroxylation is 1. The van der Waals surface area contributed by atoms with Crippen molar-refractivity contribution in [1.82, 2.24) is 9.55 Å². The van der Waals surface area contributed by atoms with Crippen molar-refractivity contribution in [2.45, 2.75) is 6.92 Å². The van der Waals surface area contributed by atoms with E-state index in [1.165, 1.54) is 49.6 Å². The molecule has 0 unspecified atom stereocenters. The summed E-state index contributed by atoms with van der Waals surface area (Å²) in [6.07, 6.45) is 0. The zero-order valence-electron chi connectivity index (χ0n) is 25.9. The summed E-state index contributed by atoms with van der Waals surface area (Å²) >= 11 is 0. The van der Waals surface area contributed by atoms with E-state index in [0.29, 0.717) is 5.89 Å². The van der Waals surface area contributed by atoms with Gasteiger partial charge in [-0.25, -0.2) is 4.98 Å². The summed E-state index contributed by atoms with van der Waals surface area (Å²) in [5.41, 5.74) is 14.5. The van der Waals surface area contributed by atoms with Crippen molar-refractivity contribution < 1.29 is 4.42 Å². The van der Waals surface area contributed by atoms with Crippen LogP contribution in [0.4, 0.5) is 0 Å². The fourth-order valence-electron chi connectivity index (χ4n) is 6.93. The van der Waals surface area contributed by atoms with Crippen LogP contribution in [-0.2, 0) is 0 Å². The van der Waals surface area contributed by atoms with Gasteiger partial charge in [0.1, 0.15) is 5.52 Å². The van der Waals surface area contributed by atoms with Crippen LogP contribution in [0.1, 0.15) is 5.56 Å². The third-order valence-corrected chi connectivity index (χ3v) is 9.22. The van der Waals surface area contributed by atoms with E-state index in [2.05, 4.69) is 163 Å². The molecule has 0 N–H and O–H groups in total. The van der Waals surface area contributed by atoms with Crippen molar-refractivity contribution in [1.29, 1.82) is 0 Å². The topological polar surface area (TPSA) is 31.0 Å². The monoisotopic (exact) mass is 602 g/mol. The fraction of sp³-hybridized carbons (Fsp3) is 0.0227. The summed E-state index contributed by atoms with van der Waals surface area (Å²) in [6.45, 7) is 2.06. The van der Waals surface area contributed by atoms with Crippen LogP contribution < -0.4 is 0 Å². The Hall–Kier alpha value is -6.19. The van der Waals surface area contributed by atoms with Crippen molar-refractivity contribution in [2.75, 3.05) is 0 Å². The molecule has 0 aliphatic heterocycles. The first-order chi connectivity index (χ1) is 23.2. The number of aromatic nitrogens is 2. The predicted octanol–water partition coefficient (Wildman–Crippen LogP) is 11.9. The Morgan fingerprint density at radius 3 is 1.51 bits per heavy atom. The van der Waals surface area contributed by atoms with Crippen LogP contribution in [0.3, 0.4) is 0 Å². The number of benzene rings is 7. The average Bonchev–Trinajstić information content (AvgIpc) is 3.73. The first kappa shape index (κ1) is 27.1. The molecule has 0 saturated heterocycles. The molecule has 7 aromatic carbocycles. The molecule has 0 spiro atoms. The van der Waals surface area contributed by atoms with Gasteiger partial charge in [-0.15, -0.1) is 0 Å². The smallest absolute Gasteiger partial charge is 0.227 e. The third kappa shape index (κ3) is 4.55. The maximum absolute atomic E-state index is 6.10. The highest BCUT2D eigenvalue weighted by Crippen LogP contribution is 2.39. The molecule has 0 radical (unpaired) electrons. The Bertz CT molecular complexity index is 2520. The normalized spacial score (nSPS) is 11.5. The van der Waals surface area contributed by atoms with Gasteiger partial charge in [0, 0.05) is 22.0 Å². The predicted molar refractivity (Wildman–Crippen MR) is 195 cm³/mol. The van der Waals surface area contributed by atoms with Crippen molar-refractivity contribution in [3.05, 3.63) is 169 Å². The summed E-state index contributed by atoms with van der Waals surface area (Å²) in [6, 6.07) is 58.2. The molecular weight excluding hydrogens is 572 g/mol. The molecule has 0 amide bonds. The van der Waals surface area contributed by atoms with Crippen LogP contribution in [0.25, 0.3) is 83.4 Å². The third-order valence-electron chi connectivity index (χ3n) is 9.22. The van der Waals surface area contributed by atoms with E-state index in [0.717, 1.165) is 33.5 Å². The molecule has 9 aromatic rings. The number of nitrogens with zero attached hydrogens (tertiary/aromatic N) is 2. The average molecular weight is 603 g/mol. The van der Waals surface area contributed by atoms with E-state index in [1.807, 2.05) is 12.1 Å². The highest BCUT2D eigenvalue weighted by Gasteiger charge is 2.15. The maximum Gasteiger partial charge on any atom is 0.227 e. The van der Waals surface area contributed by atoms with E-state index < -0.39 is 0 Å². The van der Waals surface area contributed by atoms with Crippen molar-refractivity contribution in [2.24, 2.45) is 0 Å². The number of hydrogen-bond acceptors (Lipinski definition) is 2. The maximum atomic E-state index is 6.10. The zero-order chi connectivity index (χ0) is 31.3. The lowest BCUT2D eigenvalue weighted by Gasteiger charge is -2.15. The van der Waals surface area contributed by atoms with Gasteiger partial charge in [-0.2, -0.15) is 0 Å². The molecule has 3 nitrogen and oxygen atoms in total. The van der Waals surface area contributed by atoms with Gasteiger partial charge in [0.05, 0.1) is 11.0 Å². The Kier molecular flexibility index (Phi) is 6.36. The molecule has 222 valence electrons. The Morgan fingerprint density at radius 2 is 0.936 bits per heavy atom. The summed E-state index contributed by atoms with van der Waals surface area (Å²) in [5, 5.41) is 2.54. The van der Waals surface area contributed by atoms with Crippen LogP contribution in [0, 0.1) is 6.92 Å². The van der Waals surface area contributed by atoms with Crippen molar-refractivity contribution in [3.8, 4) is 50.5 Å². The van der Waals surface area contributed by atoms with E-state index in [9.17, 15) is 0 Å². The molecule has 0 aliphatic rings. The Morgan fingerprint density at radius 1 is 0.447 bits per heavy atom. The SMILES string of the molecule is Cc1cccc2oc(-c3ccc(-c4ccccc4-c4ccccc4-c4ccc(-n5c6ccccc6c6ccccc65)cc4)cc3)nc12. The second-order valence-electron chi connectivity index (χ2n) is 12.0. The molecular formula is C44H30N2O. The van der Waals surface area contributed by atoms with Gasteiger partial charge >= 0.3 is 0 Å². The summed E-state index contributed by atoms with van der Waals surface area (Å²) in [7, 11) is 0. The summed E-state index contributed by atoms with van der Waals surface area (Å²) < 4.78 is 8.46. The van der Waals surface area contributed by atoms with Gasteiger partial charge in [-0.3, -0.25) is 0 Å². The van der Waals surface area contributed by atoms with Gasteiger partial charge in [0.15, 0.2) is 5.58 Å². The zero-order valence-corrected chi connectivity index (χ0v) is 25.9. The number of rotatable bonds is 5. The molecule has 47 heavy (non-hydrogen) atoms. The second-order valence-corrected chi connectivity index (χ2v) is 12.0. The molecule has 2 aromatic heterocycles. The quantitative estimate of drug-likeness (QED) is 0.196. The minimum atomic E-state index is 0.642. The van der Waals surface area contributed by atoms with Crippen LogP contribution in [-0.4, -0.2) is 9.55 Å². The molecule has 0 atom stereocenters. The van der Waals surface area contributed by atoms with Crippen LogP contribution in [0.2, 0.25) is 0 Å². The lowest BCUT2D eigenvalue weighted by atomic mass is 9.89. The standard InChI is InChI=1S/C44H30N2O/c1-29-11-10-20-42-43(29)45-44(47-42)32-23-21-30(22-24-32)34-12-2-4-14-36(34)37-15-5-3-13-35(37)31-25-27-33(28-26-31)46-40-18-8-6-16-38(40)39-17-7-9-19-41(39)46/h2-28H,1H3. The molecule has 0 fully saturated rings. The van der Waals surface area contributed by atoms with Crippen molar-refractivity contribution >= 4 is 32.9 Å². The van der Waals surface area contributed by atoms with Gasteiger partial charge in [-0.1, -0.05) is 121 Å². The van der Waals surface area contributed by atoms with Gasteiger partial charge < -0.3 is 8.98 Å². The van der Waals surface area contributed by atoms with Crippen LogP contribution >= 0.6 is 0 Å². The van der Waals surface area contributed by atoms with Gasteiger partial charge in [0.25, 0.3) is 0 Å². The molecule has 3 heteroatoms. The highest BCUT2D eigenvalue weighted by atomic mass is 16.3. The van der Waals surface area contributed by atoms with Crippen molar-refractivity contribution in [3.63, 3.8) is 0 Å². The molecule has 0 aliphatic carbocycles. The lowest BCUT2D eigenvalue weighted by molar-refractivity contribution is 0.620. The molecule has 0 saturated carbocycles. The minimum Gasteiger partial charge on any atom is -0.436 e.